The van der Waals surface area contributed by atoms with Gasteiger partial charge in [0.2, 0.25) is 0 Å². The van der Waals surface area contributed by atoms with Crippen LogP contribution in [0.4, 0.5) is 17.6 Å². The van der Waals surface area contributed by atoms with Gasteiger partial charge in [-0.15, -0.1) is 0 Å². The number of rotatable bonds is 8. The third kappa shape index (κ3) is 6.10. The van der Waals surface area contributed by atoms with Crippen LogP contribution in [0.15, 0.2) is 35.9 Å². The standard InChI is InChI=1S/C26H27F4NO5/c1-2-34-23-6-5-16(9-21(23)26(28,29)30)14-35-19-10-22(27)20-8-17(15-36-24(20)11-19)12-31-7-3-4-18(13-31)25(32)33/h5-6,8-11,18H,2-4,7,12-15H2,1H3,(H,32,33)/t18-/m0/s1. The molecule has 6 nitrogen and oxygen atoms in total. The van der Waals surface area contributed by atoms with Gasteiger partial charge in [0.15, 0.2) is 0 Å². The summed E-state index contributed by atoms with van der Waals surface area (Å²) >= 11 is 0. The molecule has 0 bridgehead atoms. The number of nitrogens with zero attached hydrogens (tertiary/aromatic N) is 1. The first-order chi connectivity index (χ1) is 17.1. The third-order valence-corrected chi connectivity index (χ3v) is 6.16. The topological polar surface area (TPSA) is 68.2 Å². The molecule has 0 amide bonds. The number of hydrogen-bond donors (Lipinski definition) is 1. The van der Waals surface area contributed by atoms with Crippen molar-refractivity contribution in [1.29, 1.82) is 0 Å². The van der Waals surface area contributed by atoms with Crippen molar-refractivity contribution in [1.82, 2.24) is 4.90 Å². The largest absolute Gasteiger partial charge is 0.493 e. The Morgan fingerprint density at radius 3 is 2.75 bits per heavy atom. The predicted octanol–water partition coefficient (Wildman–Crippen LogP) is 5.39. The van der Waals surface area contributed by atoms with Gasteiger partial charge in [0, 0.05) is 25.2 Å². The van der Waals surface area contributed by atoms with E-state index in [1.807, 2.05) is 4.90 Å². The molecule has 1 fully saturated rings. The molecule has 0 saturated carbocycles. The smallest absolute Gasteiger partial charge is 0.419 e. The van der Waals surface area contributed by atoms with E-state index in [-0.39, 0.29) is 48.2 Å². The fraction of sp³-hybridized carbons (Fsp3) is 0.423. The van der Waals surface area contributed by atoms with Gasteiger partial charge >= 0.3 is 12.1 Å². The molecule has 2 aliphatic rings. The van der Waals surface area contributed by atoms with Gasteiger partial charge in [0.1, 0.15) is 36.3 Å². The van der Waals surface area contributed by atoms with E-state index in [2.05, 4.69) is 0 Å². The molecule has 194 valence electrons. The van der Waals surface area contributed by atoms with Crippen molar-refractivity contribution in [3.8, 4) is 17.2 Å². The molecule has 2 heterocycles. The highest BCUT2D eigenvalue weighted by Gasteiger charge is 2.34. The summed E-state index contributed by atoms with van der Waals surface area (Å²) in [5.41, 5.74) is 0.450. The number of alkyl halides is 3. The molecular formula is C26H27F4NO5. The van der Waals surface area contributed by atoms with Crippen LogP contribution in [0.3, 0.4) is 0 Å². The van der Waals surface area contributed by atoms with Gasteiger partial charge in [0.05, 0.1) is 23.7 Å². The summed E-state index contributed by atoms with van der Waals surface area (Å²) in [6.45, 7) is 3.42. The molecule has 1 N–H and O–H groups in total. The summed E-state index contributed by atoms with van der Waals surface area (Å²) in [5, 5.41) is 9.27. The van der Waals surface area contributed by atoms with Crippen molar-refractivity contribution in [2.24, 2.45) is 5.92 Å². The summed E-state index contributed by atoms with van der Waals surface area (Å²) < 4.78 is 71.4. The number of benzene rings is 2. The Kier molecular flexibility index (Phi) is 7.73. The summed E-state index contributed by atoms with van der Waals surface area (Å²) in [5.74, 6) is -1.64. The van der Waals surface area contributed by atoms with Gasteiger partial charge in [-0.05, 0) is 55.7 Å². The SMILES string of the molecule is CCOc1ccc(COc2cc(F)c3c(c2)OCC(CN2CCC[C@H](C(=O)O)C2)=C3)cc1C(F)(F)F. The van der Waals surface area contributed by atoms with Crippen molar-refractivity contribution >= 4 is 12.0 Å². The second-order valence-electron chi connectivity index (χ2n) is 8.87. The number of fused-ring (bicyclic) bond motifs is 1. The molecule has 2 aromatic rings. The van der Waals surface area contributed by atoms with Crippen molar-refractivity contribution in [2.45, 2.75) is 32.5 Å². The first-order valence-corrected chi connectivity index (χ1v) is 11.7. The van der Waals surface area contributed by atoms with Crippen LogP contribution in [0.5, 0.6) is 17.2 Å². The van der Waals surface area contributed by atoms with Crippen molar-refractivity contribution in [2.75, 3.05) is 32.8 Å². The molecule has 1 atom stereocenters. The number of hydrogen-bond acceptors (Lipinski definition) is 5. The summed E-state index contributed by atoms with van der Waals surface area (Å²) in [4.78, 5) is 13.3. The lowest BCUT2D eigenvalue weighted by molar-refractivity contribution is -0.143. The minimum Gasteiger partial charge on any atom is -0.493 e. The number of piperidine rings is 1. The molecule has 1 saturated heterocycles. The lowest BCUT2D eigenvalue weighted by Crippen LogP contribution is -2.40. The number of halogens is 4. The quantitative estimate of drug-likeness (QED) is 0.481. The number of carbonyl (C=O) groups is 1. The first-order valence-electron chi connectivity index (χ1n) is 11.7. The minimum atomic E-state index is -4.58. The van der Waals surface area contributed by atoms with Gasteiger partial charge in [0.25, 0.3) is 0 Å². The molecular weight excluding hydrogens is 482 g/mol. The van der Waals surface area contributed by atoms with Crippen LogP contribution in [0.25, 0.3) is 6.08 Å². The molecule has 0 spiro atoms. The lowest BCUT2D eigenvalue weighted by atomic mass is 9.97. The van der Waals surface area contributed by atoms with Gasteiger partial charge in [-0.2, -0.15) is 13.2 Å². The van der Waals surface area contributed by atoms with E-state index in [1.165, 1.54) is 24.3 Å². The van der Waals surface area contributed by atoms with Crippen LogP contribution in [-0.4, -0.2) is 48.8 Å². The maximum atomic E-state index is 14.9. The maximum Gasteiger partial charge on any atom is 0.419 e. The van der Waals surface area contributed by atoms with E-state index in [1.54, 1.807) is 13.0 Å². The Labute approximate surface area is 206 Å². The Morgan fingerprint density at radius 2 is 2.03 bits per heavy atom. The highest BCUT2D eigenvalue weighted by Crippen LogP contribution is 2.38. The molecule has 4 rings (SSSR count). The normalized spacial score (nSPS) is 18.1. The van der Waals surface area contributed by atoms with Gasteiger partial charge in [-0.3, -0.25) is 9.69 Å². The van der Waals surface area contributed by atoms with Crippen LogP contribution in [0.2, 0.25) is 0 Å². The highest BCUT2D eigenvalue weighted by molar-refractivity contribution is 5.70. The van der Waals surface area contributed by atoms with E-state index < -0.39 is 29.4 Å². The van der Waals surface area contributed by atoms with E-state index in [4.69, 9.17) is 14.2 Å². The van der Waals surface area contributed by atoms with Gasteiger partial charge in [-0.25, -0.2) is 4.39 Å². The number of ether oxygens (including phenoxy) is 3. The van der Waals surface area contributed by atoms with E-state index in [9.17, 15) is 27.5 Å². The third-order valence-electron chi connectivity index (χ3n) is 6.16. The van der Waals surface area contributed by atoms with E-state index >= 15 is 0 Å². The van der Waals surface area contributed by atoms with Crippen molar-refractivity contribution in [3.05, 3.63) is 58.4 Å². The average Bonchev–Trinajstić information content (AvgIpc) is 2.83. The van der Waals surface area contributed by atoms with Crippen molar-refractivity contribution in [3.63, 3.8) is 0 Å². The van der Waals surface area contributed by atoms with Crippen LogP contribution in [0, 0.1) is 11.7 Å². The zero-order chi connectivity index (χ0) is 25.9. The second kappa shape index (κ2) is 10.8. The van der Waals surface area contributed by atoms with E-state index in [0.717, 1.165) is 24.6 Å². The fourth-order valence-corrected chi connectivity index (χ4v) is 4.44. The van der Waals surface area contributed by atoms with Crippen molar-refractivity contribution < 1.29 is 41.7 Å². The predicted molar refractivity (Wildman–Crippen MR) is 124 cm³/mol. The highest BCUT2D eigenvalue weighted by atomic mass is 19.4. The molecule has 2 aliphatic heterocycles. The maximum absolute atomic E-state index is 14.9. The van der Waals surface area contributed by atoms with Crippen LogP contribution < -0.4 is 14.2 Å². The van der Waals surface area contributed by atoms with Gasteiger partial charge < -0.3 is 19.3 Å². The summed E-state index contributed by atoms with van der Waals surface area (Å²) in [7, 11) is 0. The molecule has 10 heteroatoms. The van der Waals surface area contributed by atoms with Gasteiger partial charge in [-0.1, -0.05) is 6.07 Å². The molecule has 0 unspecified atom stereocenters. The molecule has 0 aromatic heterocycles. The van der Waals surface area contributed by atoms with Crippen LogP contribution in [-0.2, 0) is 17.6 Å². The minimum absolute atomic E-state index is 0.102. The summed E-state index contributed by atoms with van der Waals surface area (Å²) in [6.07, 6.45) is -1.45. The fourth-order valence-electron chi connectivity index (χ4n) is 4.44. The lowest BCUT2D eigenvalue weighted by Gasteiger charge is -2.32. The van der Waals surface area contributed by atoms with Crippen LogP contribution >= 0.6 is 0 Å². The number of likely N-dealkylation sites (tertiary alicyclic amines) is 1. The zero-order valence-electron chi connectivity index (χ0n) is 19.7. The molecule has 0 aliphatic carbocycles. The van der Waals surface area contributed by atoms with Crippen LogP contribution in [0.1, 0.15) is 36.5 Å². The monoisotopic (exact) mass is 509 g/mol. The Morgan fingerprint density at radius 1 is 1.22 bits per heavy atom. The Balaban J connectivity index is 1.44. The number of carboxylic acid groups (broad SMARTS) is 1. The van der Waals surface area contributed by atoms with E-state index in [0.29, 0.717) is 19.5 Å². The Hall–Kier alpha value is -3.27. The summed E-state index contributed by atoms with van der Waals surface area (Å²) in [6, 6.07) is 6.35. The molecule has 2 aromatic carbocycles. The average molecular weight is 509 g/mol. The molecule has 0 radical (unpaired) electrons. The number of aliphatic carboxylic acids is 1. The zero-order valence-corrected chi connectivity index (χ0v) is 19.7. The first kappa shape index (κ1) is 25.8. The Bertz CT molecular complexity index is 1150. The molecule has 36 heavy (non-hydrogen) atoms. The second-order valence-corrected chi connectivity index (χ2v) is 8.87. The number of carboxylic acids is 1.